The third-order valence-electron chi connectivity index (χ3n) is 4.78. The number of hydrogen-bond acceptors (Lipinski definition) is 2. The van der Waals surface area contributed by atoms with Crippen LogP contribution in [0.25, 0.3) is 0 Å². The van der Waals surface area contributed by atoms with Gasteiger partial charge in [-0.15, -0.1) is 0 Å². The Balaban J connectivity index is 1.63. The van der Waals surface area contributed by atoms with Crippen LogP contribution in [0.15, 0.2) is 48.5 Å². The zero-order chi connectivity index (χ0) is 16.9. The van der Waals surface area contributed by atoms with E-state index < -0.39 is 0 Å². The minimum Gasteiger partial charge on any atom is -0.372 e. The highest BCUT2D eigenvalue weighted by molar-refractivity contribution is 5.94. The van der Waals surface area contributed by atoms with Gasteiger partial charge in [0, 0.05) is 24.3 Å². The fourth-order valence-corrected chi connectivity index (χ4v) is 3.19. The molecule has 0 aromatic heterocycles. The summed E-state index contributed by atoms with van der Waals surface area (Å²) in [5.74, 6) is -0.0201. The predicted octanol–water partition coefficient (Wildman–Crippen LogP) is 4.48. The molecule has 1 aliphatic heterocycles. The average molecular weight is 322 g/mol. The molecule has 1 saturated heterocycles. The number of aryl methyl sites for hydroxylation is 1. The molecule has 1 unspecified atom stereocenters. The number of nitrogens with zero attached hydrogens (tertiary/aromatic N) is 1. The second-order valence-corrected chi connectivity index (χ2v) is 6.70. The summed E-state index contributed by atoms with van der Waals surface area (Å²) in [4.78, 5) is 14.9. The molecule has 1 heterocycles. The molecule has 0 bridgehead atoms. The molecule has 2 aromatic carbocycles. The maximum Gasteiger partial charge on any atom is 0.251 e. The second kappa shape index (κ2) is 7.52. The number of carbonyl (C=O) groups excluding carboxylic acids is 1. The molecule has 1 aliphatic rings. The summed E-state index contributed by atoms with van der Waals surface area (Å²) in [5, 5.41) is 3.08. The van der Waals surface area contributed by atoms with Crippen LogP contribution in [0.1, 0.15) is 53.7 Å². The van der Waals surface area contributed by atoms with Crippen molar-refractivity contribution in [1.82, 2.24) is 5.32 Å². The first-order valence-corrected chi connectivity index (χ1v) is 8.86. The van der Waals surface area contributed by atoms with E-state index >= 15 is 0 Å². The van der Waals surface area contributed by atoms with Gasteiger partial charge in [0.25, 0.3) is 5.91 Å². The van der Waals surface area contributed by atoms with E-state index in [1.165, 1.54) is 30.5 Å². The SMILES string of the molecule is Cc1ccc(C(C)NC(=O)c2ccc(N3CCCCC3)cc2)cc1. The number of benzene rings is 2. The van der Waals surface area contributed by atoms with Gasteiger partial charge in [-0.3, -0.25) is 4.79 Å². The van der Waals surface area contributed by atoms with Crippen molar-refractivity contribution in [3.8, 4) is 0 Å². The lowest BCUT2D eigenvalue weighted by Gasteiger charge is -2.28. The van der Waals surface area contributed by atoms with E-state index in [0.717, 1.165) is 24.2 Å². The predicted molar refractivity (Wildman–Crippen MR) is 99.6 cm³/mol. The smallest absolute Gasteiger partial charge is 0.251 e. The van der Waals surface area contributed by atoms with E-state index in [2.05, 4.69) is 53.5 Å². The highest BCUT2D eigenvalue weighted by Gasteiger charge is 2.14. The van der Waals surface area contributed by atoms with Crippen LogP contribution in [0.4, 0.5) is 5.69 Å². The van der Waals surface area contributed by atoms with Crippen molar-refractivity contribution < 1.29 is 4.79 Å². The summed E-state index contributed by atoms with van der Waals surface area (Å²) >= 11 is 0. The Labute approximate surface area is 144 Å². The van der Waals surface area contributed by atoms with E-state index in [0.29, 0.717) is 0 Å². The second-order valence-electron chi connectivity index (χ2n) is 6.70. The number of rotatable bonds is 4. The first kappa shape index (κ1) is 16.6. The van der Waals surface area contributed by atoms with Crippen LogP contribution in [0.5, 0.6) is 0 Å². The van der Waals surface area contributed by atoms with Gasteiger partial charge in [0.05, 0.1) is 6.04 Å². The molecule has 1 atom stereocenters. The topological polar surface area (TPSA) is 32.3 Å². The molecule has 1 N–H and O–H groups in total. The molecular weight excluding hydrogens is 296 g/mol. The highest BCUT2D eigenvalue weighted by atomic mass is 16.1. The van der Waals surface area contributed by atoms with Crippen molar-refractivity contribution >= 4 is 11.6 Å². The Bertz CT molecular complexity index is 670. The summed E-state index contributed by atoms with van der Waals surface area (Å²) in [6.45, 7) is 6.33. The van der Waals surface area contributed by atoms with Crippen LogP contribution in [-0.4, -0.2) is 19.0 Å². The Morgan fingerprint density at radius 3 is 2.21 bits per heavy atom. The van der Waals surface area contributed by atoms with Crippen LogP contribution >= 0.6 is 0 Å². The zero-order valence-corrected chi connectivity index (χ0v) is 14.6. The monoisotopic (exact) mass is 322 g/mol. The number of anilines is 1. The molecule has 1 fully saturated rings. The molecule has 2 aromatic rings. The summed E-state index contributed by atoms with van der Waals surface area (Å²) < 4.78 is 0. The van der Waals surface area contributed by atoms with Crippen LogP contribution in [0.2, 0.25) is 0 Å². The summed E-state index contributed by atoms with van der Waals surface area (Å²) in [7, 11) is 0. The lowest BCUT2D eigenvalue weighted by atomic mass is 10.1. The van der Waals surface area contributed by atoms with Gasteiger partial charge in [0.2, 0.25) is 0 Å². The van der Waals surface area contributed by atoms with E-state index in [4.69, 9.17) is 0 Å². The van der Waals surface area contributed by atoms with Crippen molar-refractivity contribution in [2.45, 2.75) is 39.2 Å². The zero-order valence-electron chi connectivity index (χ0n) is 14.6. The number of nitrogens with one attached hydrogen (secondary N) is 1. The molecule has 126 valence electrons. The Kier molecular flexibility index (Phi) is 5.19. The van der Waals surface area contributed by atoms with Crippen LogP contribution in [0.3, 0.4) is 0 Å². The number of carbonyl (C=O) groups is 1. The lowest BCUT2D eigenvalue weighted by molar-refractivity contribution is 0.0940. The quantitative estimate of drug-likeness (QED) is 0.900. The van der Waals surface area contributed by atoms with Crippen LogP contribution in [-0.2, 0) is 0 Å². The minimum absolute atomic E-state index is 0.000119. The van der Waals surface area contributed by atoms with E-state index in [1.807, 2.05) is 19.1 Å². The molecule has 0 aliphatic carbocycles. The standard InChI is InChI=1S/C21H26N2O/c1-16-6-8-18(9-7-16)17(2)22-21(24)19-10-12-20(13-11-19)23-14-4-3-5-15-23/h6-13,17H,3-5,14-15H2,1-2H3,(H,22,24). The first-order valence-electron chi connectivity index (χ1n) is 8.86. The van der Waals surface area contributed by atoms with Crippen LogP contribution in [0, 0.1) is 6.92 Å². The fourth-order valence-electron chi connectivity index (χ4n) is 3.19. The van der Waals surface area contributed by atoms with Crippen molar-refractivity contribution in [1.29, 1.82) is 0 Å². The maximum atomic E-state index is 12.5. The van der Waals surface area contributed by atoms with Gasteiger partial charge in [-0.05, 0) is 62.9 Å². The largest absolute Gasteiger partial charge is 0.372 e. The maximum absolute atomic E-state index is 12.5. The summed E-state index contributed by atoms with van der Waals surface area (Å²) in [6, 6.07) is 16.3. The average Bonchev–Trinajstić information content (AvgIpc) is 2.63. The summed E-state index contributed by atoms with van der Waals surface area (Å²) in [5.41, 5.74) is 4.29. The normalized spacial score (nSPS) is 15.8. The molecular formula is C21H26N2O. The van der Waals surface area contributed by atoms with Crippen molar-refractivity contribution in [3.63, 3.8) is 0 Å². The van der Waals surface area contributed by atoms with E-state index in [9.17, 15) is 4.79 Å². The Hall–Kier alpha value is -2.29. The first-order chi connectivity index (χ1) is 11.6. The Morgan fingerprint density at radius 2 is 1.58 bits per heavy atom. The molecule has 1 amide bonds. The molecule has 3 rings (SSSR count). The molecule has 0 saturated carbocycles. The lowest BCUT2D eigenvalue weighted by Crippen LogP contribution is -2.29. The van der Waals surface area contributed by atoms with E-state index in [-0.39, 0.29) is 11.9 Å². The number of piperidine rings is 1. The summed E-state index contributed by atoms with van der Waals surface area (Å²) in [6.07, 6.45) is 3.85. The van der Waals surface area contributed by atoms with Gasteiger partial charge in [0.15, 0.2) is 0 Å². The van der Waals surface area contributed by atoms with Gasteiger partial charge < -0.3 is 10.2 Å². The van der Waals surface area contributed by atoms with E-state index in [1.54, 1.807) is 0 Å². The van der Waals surface area contributed by atoms with Gasteiger partial charge in [-0.25, -0.2) is 0 Å². The molecule has 0 radical (unpaired) electrons. The number of hydrogen-bond donors (Lipinski definition) is 1. The van der Waals surface area contributed by atoms with Gasteiger partial charge in [-0.1, -0.05) is 29.8 Å². The minimum atomic E-state index is -0.0201. The van der Waals surface area contributed by atoms with Crippen molar-refractivity contribution in [3.05, 3.63) is 65.2 Å². The van der Waals surface area contributed by atoms with Gasteiger partial charge >= 0.3 is 0 Å². The van der Waals surface area contributed by atoms with Gasteiger partial charge in [0.1, 0.15) is 0 Å². The fraction of sp³-hybridized carbons (Fsp3) is 0.381. The molecule has 3 heteroatoms. The highest BCUT2D eigenvalue weighted by Crippen LogP contribution is 2.21. The molecule has 24 heavy (non-hydrogen) atoms. The molecule has 0 spiro atoms. The van der Waals surface area contributed by atoms with Gasteiger partial charge in [-0.2, -0.15) is 0 Å². The van der Waals surface area contributed by atoms with Crippen molar-refractivity contribution in [2.24, 2.45) is 0 Å². The Morgan fingerprint density at radius 1 is 0.958 bits per heavy atom. The molecule has 3 nitrogen and oxygen atoms in total. The third-order valence-corrected chi connectivity index (χ3v) is 4.78. The van der Waals surface area contributed by atoms with Crippen molar-refractivity contribution in [2.75, 3.05) is 18.0 Å². The third kappa shape index (κ3) is 3.97. The number of amides is 1. The van der Waals surface area contributed by atoms with Crippen LogP contribution < -0.4 is 10.2 Å².